The molecule has 0 fully saturated rings. The molecule has 3 aromatic rings. The van der Waals surface area contributed by atoms with Gasteiger partial charge in [-0.3, -0.25) is 4.79 Å². The smallest absolute Gasteiger partial charge is 0.338 e. The zero-order valence-corrected chi connectivity index (χ0v) is 17.5. The van der Waals surface area contributed by atoms with Crippen molar-refractivity contribution in [3.63, 3.8) is 0 Å². The second-order valence-electron chi connectivity index (χ2n) is 6.39. The van der Waals surface area contributed by atoms with Gasteiger partial charge in [0.2, 0.25) is 5.91 Å². The van der Waals surface area contributed by atoms with Gasteiger partial charge in [-0.15, -0.1) is 11.8 Å². The highest BCUT2D eigenvalue weighted by molar-refractivity contribution is 8.00. The molecule has 0 radical (unpaired) electrons. The number of nitrogens with one attached hydrogen (secondary N) is 1. The molecule has 2 aromatic carbocycles. The molecule has 0 atom stereocenters. The molecular weight excluding hydrogens is 386 g/mol. The fourth-order valence-electron chi connectivity index (χ4n) is 2.93. The third kappa shape index (κ3) is 5.06. The highest BCUT2D eigenvalue weighted by Gasteiger charge is 2.15. The number of nitrogens with zero attached hydrogens (tertiary/aromatic N) is 2. The predicted octanol–water partition coefficient (Wildman–Crippen LogP) is 4.40. The Bertz CT molecular complexity index is 1020. The van der Waals surface area contributed by atoms with Crippen LogP contribution in [0.25, 0.3) is 5.69 Å². The van der Waals surface area contributed by atoms with E-state index in [9.17, 15) is 9.59 Å². The quantitative estimate of drug-likeness (QED) is 0.463. The number of carbonyl (C=O) groups excluding carboxylic acids is 2. The van der Waals surface area contributed by atoms with Crippen LogP contribution in [0.15, 0.2) is 59.5 Å². The van der Waals surface area contributed by atoms with Gasteiger partial charge in [0, 0.05) is 5.69 Å². The van der Waals surface area contributed by atoms with E-state index in [-0.39, 0.29) is 11.7 Å². The Hall–Kier alpha value is -3.06. The van der Waals surface area contributed by atoms with Gasteiger partial charge in [-0.2, -0.15) is 5.10 Å². The van der Waals surface area contributed by atoms with E-state index in [1.165, 1.54) is 11.8 Å². The highest BCUT2D eigenvalue weighted by Crippen LogP contribution is 2.28. The van der Waals surface area contributed by atoms with Crippen LogP contribution in [0.1, 0.15) is 28.7 Å². The second kappa shape index (κ2) is 9.43. The topological polar surface area (TPSA) is 73.2 Å². The summed E-state index contributed by atoms with van der Waals surface area (Å²) in [7, 11) is 0. The van der Waals surface area contributed by atoms with Crippen molar-refractivity contribution in [2.45, 2.75) is 25.7 Å². The molecule has 0 aliphatic rings. The Morgan fingerprint density at radius 1 is 1.10 bits per heavy atom. The molecule has 150 valence electrons. The van der Waals surface area contributed by atoms with E-state index in [0.29, 0.717) is 17.9 Å². The first-order chi connectivity index (χ1) is 14.0. The van der Waals surface area contributed by atoms with Crippen molar-refractivity contribution < 1.29 is 14.3 Å². The van der Waals surface area contributed by atoms with Crippen molar-refractivity contribution in [2.24, 2.45) is 0 Å². The average molecular weight is 410 g/mol. The molecule has 3 rings (SSSR count). The van der Waals surface area contributed by atoms with Gasteiger partial charge in [-0.1, -0.05) is 24.3 Å². The molecule has 1 amide bonds. The lowest BCUT2D eigenvalue weighted by Crippen LogP contribution is -2.15. The van der Waals surface area contributed by atoms with Crippen LogP contribution in [0.3, 0.4) is 0 Å². The molecule has 0 unspecified atom stereocenters. The molecule has 1 aromatic heterocycles. The first kappa shape index (κ1) is 20.7. The summed E-state index contributed by atoms with van der Waals surface area (Å²) >= 11 is 1.45. The zero-order chi connectivity index (χ0) is 20.8. The predicted molar refractivity (Wildman–Crippen MR) is 115 cm³/mol. The summed E-state index contributed by atoms with van der Waals surface area (Å²) in [4.78, 5) is 25.2. The number of thioether (sulfide) groups is 1. The number of rotatable bonds is 7. The molecule has 7 heteroatoms. The maximum Gasteiger partial charge on any atom is 0.338 e. The molecule has 0 bridgehead atoms. The van der Waals surface area contributed by atoms with Crippen molar-refractivity contribution in [1.29, 1.82) is 0 Å². The summed E-state index contributed by atoms with van der Waals surface area (Å²) < 4.78 is 6.88. The molecule has 0 aliphatic heterocycles. The van der Waals surface area contributed by atoms with E-state index in [4.69, 9.17) is 4.74 Å². The Kier molecular flexibility index (Phi) is 6.72. The van der Waals surface area contributed by atoms with Crippen LogP contribution in [0.2, 0.25) is 0 Å². The summed E-state index contributed by atoms with van der Waals surface area (Å²) in [6.45, 7) is 6.00. The minimum Gasteiger partial charge on any atom is -0.462 e. The molecule has 1 heterocycles. The fourth-order valence-corrected chi connectivity index (χ4v) is 3.82. The number of benzene rings is 2. The lowest BCUT2D eigenvalue weighted by atomic mass is 10.2. The van der Waals surface area contributed by atoms with Gasteiger partial charge in [0.1, 0.15) is 0 Å². The molecule has 1 N–H and O–H groups in total. The van der Waals surface area contributed by atoms with Crippen LogP contribution in [0, 0.1) is 13.8 Å². The number of para-hydroxylation sites is 1. The number of esters is 1. The van der Waals surface area contributed by atoms with Crippen LogP contribution in [0.4, 0.5) is 5.69 Å². The summed E-state index contributed by atoms with van der Waals surface area (Å²) in [5.41, 5.74) is 3.84. The van der Waals surface area contributed by atoms with Crippen LogP contribution in [0.5, 0.6) is 0 Å². The van der Waals surface area contributed by atoms with E-state index in [0.717, 1.165) is 22.0 Å². The molecule has 0 spiro atoms. The van der Waals surface area contributed by atoms with Crippen LogP contribution in [-0.4, -0.2) is 34.0 Å². The maximum absolute atomic E-state index is 12.4. The largest absolute Gasteiger partial charge is 0.462 e. The number of hydrogen-bond donors (Lipinski definition) is 1. The molecular formula is C22H23N3O3S. The standard InChI is InChI=1S/C22H23N3O3S/c1-4-28-22(27)17-9-8-10-18(13-17)23-20(26)14-29-21-15(2)24-25(16(21)3)19-11-6-5-7-12-19/h5-13H,4,14H2,1-3H3,(H,23,26). The van der Waals surface area contributed by atoms with Gasteiger partial charge >= 0.3 is 5.97 Å². The van der Waals surface area contributed by atoms with Gasteiger partial charge < -0.3 is 10.1 Å². The third-order valence-electron chi connectivity index (χ3n) is 4.23. The van der Waals surface area contributed by atoms with Gasteiger partial charge in [-0.25, -0.2) is 9.48 Å². The fraction of sp³-hybridized carbons (Fsp3) is 0.227. The monoisotopic (exact) mass is 409 g/mol. The highest BCUT2D eigenvalue weighted by atomic mass is 32.2. The van der Waals surface area contributed by atoms with Crippen molar-refractivity contribution in [3.8, 4) is 5.69 Å². The van der Waals surface area contributed by atoms with E-state index < -0.39 is 5.97 Å². The SMILES string of the molecule is CCOC(=O)c1cccc(NC(=O)CSc2c(C)nn(-c3ccccc3)c2C)c1. The first-order valence-electron chi connectivity index (χ1n) is 9.31. The number of aryl methyl sites for hydroxylation is 1. The van der Waals surface area contributed by atoms with E-state index in [1.807, 2.05) is 48.9 Å². The molecule has 6 nitrogen and oxygen atoms in total. The Labute approximate surface area is 174 Å². The molecule has 29 heavy (non-hydrogen) atoms. The van der Waals surface area contributed by atoms with Gasteiger partial charge in [0.25, 0.3) is 0 Å². The summed E-state index contributed by atoms with van der Waals surface area (Å²) in [6, 6.07) is 16.6. The van der Waals surface area contributed by atoms with Crippen molar-refractivity contribution in [1.82, 2.24) is 9.78 Å². The number of anilines is 1. The van der Waals surface area contributed by atoms with Gasteiger partial charge in [-0.05, 0) is 51.1 Å². The normalized spacial score (nSPS) is 10.6. The van der Waals surface area contributed by atoms with Crippen LogP contribution >= 0.6 is 11.8 Å². The Balaban J connectivity index is 1.65. The maximum atomic E-state index is 12.4. The van der Waals surface area contributed by atoms with E-state index in [1.54, 1.807) is 31.2 Å². The van der Waals surface area contributed by atoms with E-state index in [2.05, 4.69) is 10.4 Å². The number of carbonyl (C=O) groups is 2. The number of amides is 1. The number of ether oxygens (including phenoxy) is 1. The first-order valence-corrected chi connectivity index (χ1v) is 10.3. The lowest BCUT2D eigenvalue weighted by molar-refractivity contribution is -0.113. The number of aromatic nitrogens is 2. The Morgan fingerprint density at radius 2 is 1.86 bits per heavy atom. The molecule has 0 aliphatic carbocycles. The third-order valence-corrected chi connectivity index (χ3v) is 5.52. The van der Waals surface area contributed by atoms with Crippen molar-refractivity contribution in [2.75, 3.05) is 17.7 Å². The average Bonchev–Trinajstić information content (AvgIpc) is 3.01. The number of hydrogen-bond acceptors (Lipinski definition) is 5. The summed E-state index contributed by atoms with van der Waals surface area (Å²) in [5.74, 6) is -0.314. The summed E-state index contributed by atoms with van der Waals surface area (Å²) in [5, 5.41) is 7.44. The van der Waals surface area contributed by atoms with Crippen LogP contribution < -0.4 is 5.32 Å². The zero-order valence-electron chi connectivity index (χ0n) is 16.6. The second-order valence-corrected chi connectivity index (χ2v) is 7.37. The lowest BCUT2D eigenvalue weighted by Gasteiger charge is -2.08. The van der Waals surface area contributed by atoms with Gasteiger partial charge in [0.15, 0.2) is 0 Å². The van der Waals surface area contributed by atoms with Crippen molar-refractivity contribution in [3.05, 3.63) is 71.5 Å². The summed E-state index contributed by atoms with van der Waals surface area (Å²) in [6.07, 6.45) is 0. The Morgan fingerprint density at radius 3 is 2.59 bits per heavy atom. The van der Waals surface area contributed by atoms with Crippen LogP contribution in [-0.2, 0) is 9.53 Å². The van der Waals surface area contributed by atoms with E-state index >= 15 is 0 Å². The molecule has 0 saturated heterocycles. The van der Waals surface area contributed by atoms with Crippen molar-refractivity contribution >= 4 is 29.3 Å². The minimum absolute atomic E-state index is 0.151. The van der Waals surface area contributed by atoms with Gasteiger partial charge in [0.05, 0.1) is 39.9 Å². The minimum atomic E-state index is -0.405. The molecule has 0 saturated carbocycles.